The van der Waals surface area contributed by atoms with Crippen LogP contribution in [0.3, 0.4) is 0 Å². The van der Waals surface area contributed by atoms with Gasteiger partial charge in [0, 0.05) is 13.7 Å². The quantitative estimate of drug-likeness (QED) is 0.776. The second-order valence-electron chi connectivity index (χ2n) is 4.11. The van der Waals surface area contributed by atoms with Crippen molar-refractivity contribution in [2.24, 2.45) is 0 Å². The molecule has 0 aliphatic rings. The molecule has 1 N–H and O–H groups in total. The molecule has 5 heteroatoms. The highest BCUT2D eigenvalue weighted by molar-refractivity contribution is 5.93. The third-order valence-corrected chi connectivity index (χ3v) is 2.81. The molecule has 1 amide bonds. The molecule has 5 nitrogen and oxygen atoms in total. The third kappa shape index (κ3) is 5.28. The van der Waals surface area contributed by atoms with Crippen molar-refractivity contribution in [3.05, 3.63) is 24.3 Å². The van der Waals surface area contributed by atoms with Crippen LogP contribution in [0, 0.1) is 0 Å². The van der Waals surface area contributed by atoms with Gasteiger partial charge in [0.15, 0.2) is 0 Å². The lowest BCUT2D eigenvalue weighted by molar-refractivity contribution is -0.117. The van der Waals surface area contributed by atoms with Crippen LogP contribution in [-0.2, 0) is 9.53 Å². The van der Waals surface area contributed by atoms with Gasteiger partial charge in [-0.2, -0.15) is 0 Å². The van der Waals surface area contributed by atoms with Crippen LogP contribution in [-0.4, -0.2) is 51.3 Å². The van der Waals surface area contributed by atoms with Crippen molar-refractivity contribution in [2.75, 3.05) is 45.8 Å². The van der Waals surface area contributed by atoms with Gasteiger partial charge in [0.25, 0.3) is 0 Å². The molecule has 0 fully saturated rings. The molecule has 106 valence electrons. The largest absolute Gasteiger partial charge is 0.495 e. The lowest BCUT2D eigenvalue weighted by Crippen LogP contribution is -2.35. The number of methoxy groups -OCH3 is 2. The Morgan fingerprint density at radius 1 is 1.32 bits per heavy atom. The van der Waals surface area contributed by atoms with E-state index in [1.54, 1.807) is 14.2 Å². The molecular formula is C14H22N2O3. The fraction of sp³-hybridized carbons (Fsp3) is 0.500. The number of ether oxygens (including phenoxy) is 2. The zero-order valence-electron chi connectivity index (χ0n) is 11.8. The van der Waals surface area contributed by atoms with E-state index in [1.165, 1.54) is 0 Å². The first-order valence-electron chi connectivity index (χ1n) is 6.35. The van der Waals surface area contributed by atoms with Crippen LogP contribution in [0.15, 0.2) is 24.3 Å². The number of likely N-dealkylation sites (N-methyl/N-ethyl adjacent to an activating group) is 1. The summed E-state index contributed by atoms with van der Waals surface area (Å²) in [5.74, 6) is 0.609. The molecule has 1 aromatic carbocycles. The first-order chi connectivity index (χ1) is 9.21. The molecule has 0 atom stereocenters. The third-order valence-electron chi connectivity index (χ3n) is 2.81. The van der Waals surface area contributed by atoms with E-state index in [-0.39, 0.29) is 5.91 Å². The van der Waals surface area contributed by atoms with Crippen molar-refractivity contribution in [3.8, 4) is 5.75 Å². The van der Waals surface area contributed by atoms with Crippen LogP contribution < -0.4 is 10.1 Å². The summed E-state index contributed by atoms with van der Waals surface area (Å²) in [7, 11) is 3.24. The number of rotatable bonds is 8. The molecule has 1 aromatic rings. The van der Waals surface area contributed by atoms with Gasteiger partial charge >= 0.3 is 0 Å². The molecule has 0 spiro atoms. The monoisotopic (exact) mass is 266 g/mol. The van der Waals surface area contributed by atoms with E-state index in [0.717, 1.165) is 13.1 Å². The molecule has 0 aromatic heterocycles. The second kappa shape index (κ2) is 8.50. The summed E-state index contributed by atoms with van der Waals surface area (Å²) in [5.41, 5.74) is 0.692. The number of amides is 1. The highest BCUT2D eigenvalue weighted by atomic mass is 16.5. The molecule has 1 rings (SSSR count). The van der Waals surface area contributed by atoms with Gasteiger partial charge in [-0.3, -0.25) is 9.69 Å². The van der Waals surface area contributed by atoms with Gasteiger partial charge in [0.05, 0.1) is 25.9 Å². The minimum atomic E-state index is -0.0533. The van der Waals surface area contributed by atoms with Crippen LogP contribution >= 0.6 is 0 Å². The SMILES string of the molecule is CCN(CCOC)CC(=O)Nc1ccccc1OC. The molecular weight excluding hydrogens is 244 g/mol. The lowest BCUT2D eigenvalue weighted by Gasteiger charge is -2.19. The number of anilines is 1. The van der Waals surface area contributed by atoms with E-state index in [0.29, 0.717) is 24.6 Å². The Morgan fingerprint density at radius 3 is 2.68 bits per heavy atom. The second-order valence-corrected chi connectivity index (χ2v) is 4.11. The number of benzene rings is 1. The Bertz CT molecular complexity index is 396. The van der Waals surface area contributed by atoms with Crippen molar-refractivity contribution in [2.45, 2.75) is 6.92 Å². The molecule has 0 radical (unpaired) electrons. The molecule has 0 unspecified atom stereocenters. The standard InChI is InChI=1S/C14H22N2O3/c1-4-16(9-10-18-2)11-14(17)15-12-7-5-6-8-13(12)19-3/h5-8H,4,9-11H2,1-3H3,(H,15,17). The maximum absolute atomic E-state index is 12.0. The predicted molar refractivity (Wildman–Crippen MR) is 75.6 cm³/mol. The highest BCUT2D eigenvalue weighted by Crippen LogP contribution is 2.22. The lowest BCUT2D eigenvalue weighted by atomic mass is 10.3. The van der Waals surface area contributed by atoms with Crippen molar-refractivity contribution in [3.63, 3.8) is 0 Å². The van der Waals surface area contributed by atoms with Crippen molar-refractivity contribution in [1.29, 1.82) is 0 Å². The minimum absolute atomic E-state index is 0.0533. The van der Waals surface area contributed by atoms with Gasteiger partial charge in [-0.1, -0.05) is 19.1 Å². The molecule has 0 aliphatic carbocycles. The van der Waals surface area contributed by atoms with Gasteiger partial charge < -0.3 is 14.8 Å². The molecule has 0 saturated heterocycles. The summed E-state index contributed by atoms with van der Waals surface area (Å²) < 4.78 is 10.2. The summed E-state index contributed by atoms with van der Waals surface area (Å²) >= 11 is 0. The summed E-state index contributed by atoms with van der Waals surface area (Å²) in [6.45, 7) is 4.54. The Labute approximate surface area is 114 Å². The van der Waals surface area contributed by atoms with Gasteiger partial charge in [-0.15, -0.1) is 0 Å². The van der Waals surface area contributed by atoms with Gasteiger partial charge in [0.2, 0.25) is 5.91 Å². The number of nitrogens with zero attached hydrogens (tertiary/aromatic N) is 1. The zero-order chi connectivity index (χ0) is 14.1. The molecule has 19 heavy (non-hydrogen) atoms. The van der Waals surface area contributed by atoms with E-state index < -0.39 is 0 Å². The predicted octanol–water partition coefficient (Wildman–Crippen LogP) is 1.60. The average Bonchev–Trinajstić information content (AvgIpc) is 2.44. The fourth-order valence-corrected chi connectivity index (χ4v) is 1.71. The molecule has 0 saturated carbocycles. The average molecular weight is 266 g/mol. The Balaban J connectivity index is 2.54. The maximum Gasteiger partial charge on any atom is 0.238 e. The molecule has 0 heterocycles. The highest BCUT2D eigenvalue weighted by Gasteiger charge is 2.10. The van der Waals surface area contributed by atoms with Crippen LogP contribution in [0.4, 0.5) is 5.69 Å². The zero-order valence-corrected chi connectivity index (χ0v) is 11.8. The van der Waals surface area contributed by atoms with Crippen LogP contribution in [0.2, 0.25) is 0 Å². The number of carbonyl (C=O) groups is 1. The normalized spacial score (nSPS) is 10.5. The topological polar surface area (TPSA) is 50.8 Å². The van der Waals surface area contributed by atoms with Crippen LogP contribution in [0.25, 0.3) is 0 Å². The number of carbonyl (C=O) groups excluding carboxylic acids is 1. The summed E-state index contributed by atoms with van der Waals surface area (Å²) in [5, 5.41) is 2.86. The Morgan fingerprint density at radius 2 is 2.05 bits per heavy atom. The van der Waals surface area contributed by atoms with Gasteiger partial charge in [-0.05, 0) is 18.7 Å². The summed E-state index contributed by atoms with van der Waals surface area (Å²) in [4.78, 5) is 14.0. The fourth-order valence-electron chi connectivity index (χ4n) is 1.71. The Hall–Kier alpha value is -1.59. The van der Waals surface area contributed by atoms with E-state index in [2.05, 4.69) is 5.32 Å². The van der Waals surface area contributed by atoms with E-state index in [1.807, 2.05) is 36.1 Å². The van der Waals surface area contributed by atoms with E-state index >= 15 is 0 Å². The van der Waals surface area contributed by atoms with E-state index in [4.69, 9.17) is 9.47 Å². The first kappa shape index (κ1) is 15.5. The minimum Gasteiger partial charge on any atom is -0.495 e. The maximum atomic E-state index is 12.0. The van der Waals surface area contributed by atoms with Crippen LogP contribution in [0.1, 0.15) is 6.92 Å². The summed E-state index contributed by atoms with van der Waals surface area (Å²) in [6.07, 6.45) is 0. The molecule has 0 bridgehead atoms. The van der Waals surface area contributed by atoms with Gasteiger partial charge in [-0.25, -0.2) is 0 Å². The van der Waals surface area contributed by atoms with E-state index in [9.17, 15) is 4.79 Å². The molecule has 0 aliphatic heterocycles. The number of nitrogens with one attached hydrogen (secondary N) is 1. The van der Waals surface area contributed by atoms with Crippen molar-refractivity contribution < 1.29 is 14.3 Å². The van der Waals surface area contributed by atoms with Crippen LogP contribution in [0.5, 0.6) is 5.75 Å². The van der Waals surface area contributed by atoms with Gasteiger partial charge in [0.1, 0.15) is 5.75 Å². The smallest absolute Gasteiger partial charge is 0.238 e. The Kier molecular flexibility index (Phi) is 6.92. The number of hydrogen-bond acceptors (Lipinski definition) is 4. The first-order valence-corrected chi connectivity index (χ1v) is 6.35. The summed E-state index contributed by atoms with van der Waals surface area (Å²) in [6, 6.07) is 7.37. The van der Waals surface area contributed by atoms with Crippen molar-refractivity contribution in [1.82, 2.24) is 4.90 Å². The van der Waals surface area contributed by atoms with Crippen molar-refractivity contribution >= 4 is 11.6 Å². The number of hydrogen-bond donors (Lipinski definition) is 1. The number of para-hydroxylation sites is 2.